The van der Waals surface area contributed by atoms with Crippen molar-refractivity contribution in [3.05, 3.63) is 48.4 Å². The lowest BCUT2D eigenvalue weighted by molar-refractivity contribution is -0.119. The molecular weight excluding hydrogens is 292 g/mol. The maximum atomic E-state index is 11.5. The molecule has 1 amide bonds. The number of amides is 1. The number of carbonyl (C=O) groups excluding carboxylic acids is 1. The molecular formula is C17H20N4O2. The molecule has 0 bridgehead atoms. The smallest absolute Gasteiger partial charge is 0.217 e. The van der Waals surface area contributed by atoms with Crippen LogP contribution in [0.4, 0.5) is 5.82 Å². The van der Waals surface area contributed by atoms with E-state index in [0.29, 0.717) is 0 Å². The molecule has 6 nitrogen and oxygen atoms in total. The summed E-state index contributed by atoms with van der Waals surface area (Å²) >= 11 is 0. The molecule has 120 valence electrons. The number of ether oxygens (including phenoxy) is 1. The molecule has 2 heterocycles. The Kier molecular flexibility index (Phi) is 4.41. The highest BCUT2D eigenvalue weighted by molar-refractivity contribution is 5.73. The van der Waals surface area contributed by atoms with Gasteiger partial charge in [0.05, 0.1) is 19.3 Å². The number of rotatable bonds is 4. The van der Waals surface area contributed by atoms with Crippen LogP contribution in [0.2, 0.25) is 0 Å². The zero-order valence-electron chi connectivity index (χ0n) is 13.3. The standard InChI is InChI=1S/C17H20N4O2/c1-12(22)20-16-11-21(17-9-18-7-8-19-17)10-15(16)13-3-5-14(23-2)6-4-13/h3-9,15-16H,10-11H2,1-2H3,(H,20,22)/t15-,16+/m0/s1. The summed E-state index contributed by atoms with van der Waals surface area (Å²) in [6, 6.07) is 8.05. The molecule has 0 radical (unpaired) electrons. The van der Waals surface area contributed by atoms with Gasteiger partial charge in [0.25, 0.3) is 0 Å². The van der Waals surface area contributed by atoms with Gasteiger partial charge in [0.1, 0.15) is 11.6 Å². The number of benzene rings is 1. The summed E-state index contributed by atoms with van der Waals surface area (Å²) in [4.78, 5) is 22.2. The van der Waals surface area contributed by atoms with Crippen molar-refractivity contribution >= 4 is 11.7 Å². The first-order valence-electron chi connectivity index (χ1n) is 7.59. The second-order valence-corrected chi connectivity index (χ2v) is 5.66. The van der Waals surface area contributed by atoms with E-state index in [9.17, 15) is 4.79 Å². The number of nitrogens with one attached hydrogen (secondary N) is 1. The Hall–Kier alpha value is -2.63. The third kappa shape index (κ3) is 3.41. The number of carbonyl (C=O) groups is 1. The van der Waals surface area contributed by atoms with Crippen LogP contribution in [0.3, 0.4) is 0 Å². The maximum absolute atomic E-state index is 11.5. The van der Waals surface area contributed by atoms with Crippen LogP contribution in [-0.4, -0.2) is 42.1 Å². The van der Waals surface area contributed by atoms with Crippen LogP contribution in [-0.2, 0) is 4.79 Å². The van der Waals surface area contributed by atoms with E-state index in [1.165, 1.54) is 5.56 Å². The zero-order valence-corrected chi connectivity index (χ0v) is 13.3. The van der Waals surface area contributed by atoms with Crippen molar-refractivity contribution in [3.8, 4) is 5.75 Å². The minimum Gasteiger partial charge on any atom is -0.497 e. The van der Waals surface area contributed by atoms with E-state index < -0.39 is 0 Å². The van der Waals surface area contributed by atoms with Crippen LogP contribution in [0, 0.1) is 0 Å². The number of aromatic nitrogens is 2. The number of nitrogens with zero attached hydrogens (tertiary/aromatic N) is 3. The Morgan fingerprint density at radius 3 is 2.65 bits per heavy atom. The highest BCUT2D eigenvalue weighted by Crippen LogP contribution is 2.31. The van der Waals surface area contributed by atoms with E-state index in [-0.39, 0.29) is 17.9 Å². The SMILES string of the molecule is COc1ccc([C@@H]2CN(c3cnccn3)C[C@H]2NC(C)=O)cc1. The Balaban J connectivity index is 1.84. The quantitative estimate of drug-likeness (QED) is 0.928. The van der Waals surface area contributed by atoms with Gasteiger partial charge in [0, 0.05) is 38.3 Å². The summed E-state index contributed by atoms with van der Waals surface area (Å²) < 4.78 is 5.22. The first-order valence-corrected chi connectivity index (χ1v) is 7.59. The molecule has 1 aliphatic rings. The monoisotopic (exact) mass is 312 g/mol. The lowest BCUT2D eigenvalue weighted by Crippen LogP contribution is -2.38. The van der Waals surface area contributed by atoms with Gasteiger partial charge < -0.3 is 15.0 Å². The molecule has 1 N–H and O–H groups in total. The highest BCUT2D eigenvalue weighted by Gasteiger charge is 2.35. The molecule has 1 fully saturated rings. The van der Waals surface area contributed by atoms with Gasteiger partial charge in [0.15, 0.2) is 0 Å². The number of hydrogen-bond donors (Lipinski definition) is 1. The van der Waals surface area contributed by atoms with Gasteiger partial charge in [-0.15, -0.1) is 0 Å². The number of methoxy groups -OCH3 is 1. The fourth-order valence-corrected chi connectivity index (χ4v) is 3.04. The van der Waals surface area contributed by atoms with E-state index in [0.717, 1.165) is 24.7 Å². The molecule has 1 saturated heterocycles. The molecule has 6 heteroatoms. The average molecular weight is 312 g/mol. The van der Waals surface area contributed by atoms with Gasteiger partial charge in [-0.3, -0.25) is 9.78 Å². The Morgan fingerprint density at radius 1 is 1.26 bits per heavy atom. The molecule has 0 unspecified atom stereocenters. The van der Waals surface area contributed by atoms with Gasteiger partial charge in [-0.05, 0) is 17.7 Å². The molecule has 1 aromatic heterocycles. The first-order chi connectivity index (χ1) is 11.2. The van der Waals surface area contributed by atoms with Gasteiger partial charge in [-0.1, -0.05) is 12.1 Å². The largest absolute Gasteiger partial charge is 0.497 e. The third-order valence-electron chi connectivity index (χ3n) is 4.13. The van der Waals surface area contributed by atoms with Crippen LogP contribution in [0.1, 0.15) is 18.4 Å². The lowest BCUT2D eigenvalue weighted by Gasteiger charge is -2.19. The van der Waals surface area contributed by atoms with Crippen molar-refractivity contribution in [2.45, 2.75) is 18.9 Å². The minimum atomic E-state index is -0.0190. The molecule has 1 aliphatic heterocycles. The normalized spacial score (nSPS) is 20.3. The molecule has 1 aromatic carbocycles. The molecule has 0 spiro atoms. The average Bonchev–Trinajstić information content (AvgIpc) is 2.99. The van der Waals surface area contributed by atoms with Crippen molar-refractivity contribution in [2.24, 2.45) is 0 Å². The zero-order chi connectivity index (χ0) is 16.2. The highest BCUT2D eigenvalue weighted by atomic mass is 16.5. The van der Waals surface area contributed by atoms with Gasteiger partial charge in [-0.25, -0.2) is 4.98 Å². The summed E-state index contributed by atoms with van der Waals surface area (Å²) in [5, 5.41) is 3.06. The van der Waals surface area contributed by atoms with Gasteiger partial charge in [-0.2, -0.15) is 0 Å². The first kappa shape index (κ1) is 15.3. The maximum Gasteiger partial charge on any atom is 0.217 e. The van der Waals surface area contributed by atoms with Crippen LogP contribution in [0.15, 0.2) is 42.9 Å². The van der Waals surface area contributed by atoms with Crippen LogP contribution < -0.4 is 15.0 Å². The topological polar surface area (TPSA) is 67.3 Å². The van der Waals surface area contributed by atoms with Crippen molar-refractivity contribution < 1.29 is 9.53 Å². The summed E-state index contributed by atoms with van der Waals surface area (Å²) in [5.41, 5.74) is 1.18. The predicted octanol–water partition coefficient (Wildman–Crippen LogP) is 1.59. The van der Waals surface area contributed by atoms with Crippen molar-refractivity contribution in [3.63, 3.8) is 0 Å². The summed E-state index contributed by atoms with van der Waals surface area (Å²) in [7, 11) is 1.65. The van der Waals surface area contributed by atoms with Gasteiger partial charge in [0.2, 0.25) is 5.91 Å². The Labute approximate surface area is 135 Å². The van der Waals surface area contributed by atoms with E-state index in [1.54, 1.807) is 32.6 Å². The van der Waals surface area contributed by atoms with Crippen molar-refractivity contribution in [1.82, 2.24) is 15.3 Å². The van der Waals surface area contributed by atoms with Crippen LogP contribution in [0.25, 0.3) is 0 Å². The fraction of sp³-hybridized carbons (Fsp3) is 0.353. The van der Waals surface area contributed by atoms with E-state index in [2.05, 4.69) is 32.3 Å². The summed E-state index contributed by atoms with van der Waals surface area (Å²) in [6.07, 6.45) is 5.09. The number of hydrogen-bond acceptors (Lipinski definition) is 5. The summed E-state index contributed by atoms with van der Waals surface area (Å²) in [5.74, 6) is 1.84. The second kappa shape index (κ2) is 6.64. The fourth-order valence-electron chi connectivity index (χ4n) is 3.04. The van der Waals surface area contributed by atoms with Crippen LogP contribution in [0.5, 0.6) is 5.75 Å². The molecule has 3 rings (SSSR count). The molecule has 0 saturated carbocycles. The molecule has 2 atom stereocenters. The minimum absolute atomic E-state index is 0.0190. The van der Waals surface area contributed by atoms with E-state index in [4.69, 9.17) is 4.74 Å². The third-order valence-corrected chi connectivity index (χ3v) is 4.13. The van der Waals surface area contributed by atoms with E-state index in [1.807, 2.05) is 12.1 Å². The lowest BCUT2D eigenvalue weighted by atomic mass is 9.94. The molecule has 23 heavy (non-hydrogen) atoms. The second-order valence-electron chi connectivity index (χ2n) is 5.66. The Morgan fingerprint density at radius 2 is 2.04 bits per heavy atom. The van der Waals surface area contributed by atoms with E-state index >= 15 is 0 Å². The number of anilines is 1. The van der Waals surface area contributed by atoms with Crippen LogP contribution >= 0.6 is 0 Å². The van der Waals surface area contributed by atoms with Crippen molar-refractivity contribution in [1.29, 1.82) is 0 Å². The van der Waals surface area contributed by atoms with Gasteiger partial charge >= 0.3 is 0 Å². The molecule has 0 aliphatic carbocycles. The molecule has 2 aromatic rings. The Bertz CT molecular complexity index is 660. The van der Waals surface area contributed by atoms with Crippen molar-refractivity contribution in [2.75, 3.05) is 25.1 Å². The predicted molar refractivity (Wildman–Crippen MR) is 87.6 cm³/mol. The summed E-state index contributed by atoms with van der Waals surface area (Å²) in [6.45, 7) is 3.06.